The third-order valence-corrected chi connectivity index (χ3v) is 6.07. The quantitative estimate of drug-likeness (QED) is 0.397. The van der Waals surface area contributed by atoms with E-state index in [1.54, 1.807) is 17.4 Å². The van der Waals surface area contributed by atoms with E-state index in [9.17, 15) is 16.8 Å². The van der Waals surface area contributed by atoms with E-state index in [2.05, 4.69) is 10.3 Å². The molecule has 0 bridgehead atoms. The van der Waals surface area contributed by atoms with Crippen molar-refractivity contribution in [1.82, 2.24) is 4.98 Å². The number of anilines is 1. The van der Waals surface area contributed by atoms with E-state index in [1.807, 2.05) is 19.1 Å². The van der Waals surface area contributed by atoms with Gasteiger partial charge >= 0.3 is 0 Å². The van der Waals surface area contributed by atoms with Crippen molar-refractivity contribution in [2.75, 3.05) is 12.0 Å². The SMILES string of the molecule is Cc1nc2cc(NCOc3cc(S(=O)(=O)O)cc(S(=O)(=O)O)c3)ccc2s1. The van der Waals surface area contributed by atoms with Crippen molar-refractivity contribution in [3.8, 4) is 5.75 Å². The second-order valence-electron chi connectivity index (χ2n) is 5.47. The molecule has 3 rings (SSSR count). The molecule has 0 spiro atoms. The van der Waals surface area contributed by atoms with Crippen LogP contribution in [-0.2, 0) is 20.2 Å². The lowest BCUT2D eigenvalue weighted by atomic mass is 10.3. The van der Waals surface area contributed by atoms with Crippen LogP contribution in [0.5, 0.6) is 5.75 Å². The standard InChI is InChI=1S/C15H14N2O7S3/c1-9-17-14-4-10(2-3-15(14)25-9)16-8-24-11-5-12(26(18,19)20)7-13(6-11)27(21,22)23/h2-7,16H,8H2,1H3,(H,18,19,20)(H,21,22,23). The minimum atomic E-state index is -4.69. The maximum atomic E-state index is 11.3. The van der Waals surface area contributed by atoms with E-state index in [0.717, 1.165) is 27.4 Å². The molecule has 2 aromatic carbocycles. The first-order valence-corrected chi connectivity index (χ1v) is 11.1. The first-order chi connectivity index (χ1) is 12.5. The van der Waals surface area contributed by atoms with Gasteiger partial charge in [-0.1, -0.05) is 0 Å². The molecule has 0 saturated carbocycles. The van der Waals surface area contributed by atoms with Crippen LogP contribution in [0.15, 0.2) is 46.2 Å². The lowest BCUT2D eigenvalue weighted by Crippen LogP contribution is -2.10. The highest BCUT2D eigenvalue weighted by Gasteiger charge is 2.18. The fraction of sp³-hybridized carbons (Fsp3) is 0.133. The van der Waals surface area contributed by atoms with E-state index in [1.165, 1.54) is 0 Å². The van der Waals surface area contributed by atoms with E-state index in [0.29, 0.717) is 11.8 Å². The molecule has 12 heteroatoms. The van der Waals surface area contributed by atoms with Crippen molar-refractivity contribution >= 4 is 47.5 Å². The average molecular weight is 430 g/mol. The Kier molecular flexibility index (Phi) is 5.10. The maximum Gasteiger partial charge on any atom is 0.294 e. The third-order valence-electron chi connectivity index (χ3n) is 3.46. The Morgan fingerprint density at radius 3 is 2.26 bits per heavy atom. The normalized spacial score (nSPS) is 12.3. The van der Waals surface area contributed by atoms with Crippen molar-refractivity contribution in [3.05, 3.63) is 41.4 Å². The van der Waals surface area contributed by atoms with Gasteiger partial charge in [0, 0.05) is 17.8 Å². The number of aromatic nitrogens is 1. The predicted molar refractivity (Wildman–Crippen MR) is 99.5 cm³/mol. The highest BCUT2D eigenvalue weighted by molar-refractivity contribution is 7.86. The number of rotatable bonds is 6. The number of aryl methyl sites for hydroxylation is 1. The van der Waals surface area contributed by atoms with Gasteiger partial charge in [-0.3, -0.25) is 9.11 Å². The number of nitrogens with zero attached hydrogens (tertiary/aromatic N) is 1. The summed E-state index contributed by atoms with van der Waals surface area (Å²) in [5.41, 5.74) is 1.50. The summed E-state index contributed by atoms with van der Waals surface area (Å²) in [7, 11) is -9.38. The van der Waals surface area contributed by atoms with Gasteiger partial charge in [-0.15, -0.1) is 11.3 Å². The summed E-state index contributed by atoms with van der Waals surface area (Å²) >= 11 is 1.56. The van der Waals surface area contributed by atoms with Crippen LogP contribution in [0, 0.1) is 6.92 Å². The van der Waals surface area contributed by atoms with Gasteiger partial charge in [-0.05, 0) is 31.2 Å². The van der Waals surface area contributed by atoms with E-state index in [4.69, 9.17) is 13.8 Å². The Bertz CT molecular complexity index is 1170. The zero-order valence-electron chi connectivity index (χ0n) is 13.8. The molecule has 144 valence electrons. The van der Waals surface area contributed by atoms with Crippen molar-refractivity contribution in [2.45, 2.75) is 16.7 Å². The Morgan fingerprint density at radius 2 is 1.67 bits per heavy atom. The summed E-state index contributed by atoms with van der Waals surface area (Å²) < 4.78 is 69.8. The van der Waals surface area contributed by atoms with Gasteiger partial charge < -0.3 is 10.1 Å². The molecular formula is C15H14N2O7S3. The molecule has 0 saturated heterocycles. The van der Waals surface area contributed by atoms with Crippen molar-refractivity contribution < 1.29 is 30.7 Å². The van der Waals surface area contributed by atoms with Crippen molar-refractivity contribution in [1.29, 1.82) is 0 Å². The third kappa shape index (κ3) is 4.73. The van der Waals surface area contributed by atoms with Gasteiger partial charge in [0.15, 0.2) is 6.73 Å². The number of fused-ring (bicyclic) bond motifs is 1. The minimum absolute atomic E-state index is 0.130. The maximum absolute atomic E-state index is 11.3. The number of nitrogens with one attached hydrogen (secondary N) is 1. The van der Waals surface area contributed by atoms with Crippen LogP contribution >= 0.6 is 11.3 Å². The average Bonchev–Trinajstić information content (AvgIpc) is 2.92. The minimum Gasteiger partial charge on any atom is -0.473 e. The summed E-state index contributed by atoms with van der Waals surface area (Å²) in [5, 5.41) is 3.86. The summed E-state index contributed by atoms with van der Waals surface area (Å²) in [6, 6.07) is 8.01. The molecule has 0 unspecified atom stereocenters. The van der Waals surface area contributed by atoms with Crippen LogP contribution in [-0.4, -0.2) is 37.7 Å². The molecule has 9 nitrogen and oxygen atoms in total. The highest BCUT2D eigenvalue weighted by atomic mass is 32.2. The first kappa shape index (κ1) is 19.5. The molecule has 0 atom stereocenters. The van der Waals surface area contributed by atoms with Crippen molar-refractivity contribution in [3.63, 3.8) is 0 Å². The lowest BCUT2D eigenvalue weighted by Gasteiger charge is -2.11. The van der Waals surface area contributed by atoms with Crippen LogP contribution in [0.1, 0.15) is 5.01 Å². The molecule has 0 amide bonds. The summed E-state index contributed by atoms with van der Waals surface area (Å²) in [6.07, 6.45) is 0. The van der Waals surface area contributed by atoms with E-state index >= 15 is 0 Å². The summed E-state index contributed by atoms with van der Waals surface area (Å²) in [4.78, 5) is 2.93. The molecule has 0 aliphatic rings. The summed E-state index contributed by atoms with van der Waals surface area (Å²) in [6.45, 7) is 1.77. The van der Waals surface area contributed by atoms with Gasteiger partial charge in [-0.2, -0.15) is 16.8 Å². The molecule has 0 aliphatic heterocycles. The number of thiazole rings is 1. The van der Waals surface area contributed by atoms with Gasteiger partial charge in [-0.25, -0.2) is 4.98 Å². The molecule has 0 fully saturated rings. The lowest BCUT2D eigenvalue weighted by molar-refractivity contribution is 0.344. The Morgan fingerprint density at radius 1 is 1.04 bits per heavy atom. The number of hydrogen-bond acceptors (Lipinski definition) is 8. The summed E-state index contributed by atoms with van der Waals surface area (Å²) in [5.74, 6) is -0.171. The fourth-order valence-electron chi connectivity index (χ4n) is 2.28. The number of benzene rings is 2. The molecule has 3 N–H and O–H groups in total. The van der Waals surface area contributed by atoms with Crippen LogP contribution in [0.25, 0.3) is 10.2 Å². The predicted octanol–water partition coefficient (Wildman–Crippen LogP) is 2.55. The van der Waals surface area contributed by atoms with Crippen LogP contribution < -0.4 is 10.1 Å². The molecule has 1 aromatic heterocycles. The Hall–Kier alpha value is -2.25. The first-order valence-electron chi connectivity index (χ1n) is 7.36. The monoisotopic (exact) mass is 430 g/mol. The van der Waals surface area contributed by atoms with Gasteiger partial charge in [0.2, 0.25) is 0 Å². The molecule has 0 aliphatic carbocycles. The molecule has 1 heterocycles. The fourth-order valence-corrected chi connectivity index (χ4v) is 4.25. The molecule has 0 radical (unpaired) electrons. The van der Waals surface area contributed by atoms with Gasteiger partial charge in [0.05, 0.1) is 25.0 Å². The van der Waals surface area contributed by atoms with E-state index in [-0.39, 0.29) is 12.5 Å². The van der Waals surface area contributed by atoms with Crippen molar-refractivity contribution in [2.24, 2.45) is 0 Å². The zero-order valence-corrected chi connectivity index (χ0v) is 16.2. The second-order valence-corrected chi connectivity index (χ2v) is 9.55. The van der Waals surface area contributed by atoms with Crippen LogP contribution in [0.4, 0.5) is 5.69 Å². The van der Waals surface area contributed by atoms with E-state index < -0.39 is 30.0 Å². The molecule has 27 heavy (non-hydrogen) atoms. The topological polar surface area (TPSA) is 143 Å². The van der Waals surface area contributed by atoms with Gasteiger partial charge in [0.1, 0.15) is 5.75 Å². The highest BCUT2D eigenvalue weighted by Crippen LogP contribution is 2.26. The number of ether oxygens (including phenoxy) is 1. The van der Waals surface area contributed by atoms with Gasteiger partial charge in [0.25, 0.3) is 20.2 Å². The largest absolute Gasteiger partial charge is 0.473 e. The number of hydrogen-bond donors (Lipinski definition) is 3. The Balaban J connectivity index is 1.80. The molecule has 3 aromatic rings. The second kappa shape index (κ2) is 7.05. The Labute approximate surface area is 159 Å². The zero-order chi connectivity index (χ0) is 19.8. The van der Waals surface area contributed by atoms with Crippen LogP contribution in [0.2, 0.25) is 0 Å². The smallest absolute Gasteiger partial charge is 0.294 e. The molecular weight excluding hydrogens is 416 g/mol. The van der Waals surface area contributed by atoms with Crippen LogP contribution in [0.3, 0.4) is 0 Å².